The van der Waals surface area contributed by atoms with Crippen LogP contribution in [0.25, 0.3) is 10.1 Å². The Hall–Kier alpha value is -3.15. The van der Waals surface area contributed by atoms with E-state index in [4.69, 9.17) is 9.47 Å². The van der Waals surface area contributed by atoms with Gasteiger partial charge in [-0.15, -0.1) is 11.3 Å². The van der Waals surface area contributed by atoms with Crippen LogP contribution in [0.5, 0.6) is 5.75 Å². The van der Waals surface area contributed by atoms with E-state index in [1.54, 1.807) is 36.1 Å². The predicted molar refractivity (Wildman–Crippen MR) is 130 cm³/mol. The molecule has 3 aromatic rings. The number of nitrogens with one attached hydrogen (secondary N) is 2. The maximum Gasteiger partial charge on any atom is 0.265 e. The normalized spacial score (nSPS) is 14.1. The van der Waals surface area contributed by atoms with Crippen LogP contribution in [0.1, 0.15) is 27.0 Å². The van der Waals surface area contributed by atoms with Crippen molar-refractivity contribution >= 4 is 48.9 Å². The fourth-order valence-electron chi connectivity index (χ4n) is 3.64. The van der Waals surface area contributed by atoms with Crippen molar-refractivity contribution in [2.75, 3.05) is 44.7 Å². The maximum atomic E-state index is 13.2. The van der Waals surface area contributed by atoms with Crippen molar-refractivity contribution in [3.8, 4) is 5.75 Å². The second-order valence-electron chi connectivity index (χ2n) is 7.60. The van der Waals surface area contributed by atoms with Gasteiger partial charge in [0.05, 0.1) is 25.2 Å². The molecule has 0 spiro atoms. The zero-order chi connectivity index (χ0) is 24.3. The molecule has 2 aromatic carbocycles. The van der Waals surface area contributed by atoms with Crippen LogP contribution in [0, 0.1) is 0 Å². The van der Waals surface area contributed by atoms with Crippen molar-refractivity contribution in [1.82, 2.24) is 10.2 Å². The lowest BCUT2D eigenvalue weighted by Crippen LogP contribution is -2.40. The number of benzene rings is 2. The third-order valence-corrected chi connectivity index (χ3v) is 7.84. The van der Waals surface area contributed by atoms with Crippen molar-refractivity contribution in [3.05, 3.63) is 52.9 Å². The van der Waals surface area contributed by atoms with Crippen LogP contribution in [0.3, 0.4) is 0 Å². The average molecular weight is 504 g/mol. The Balaban J connectivity index is 1.61. The Morgan fingerprint density at radius 2 is 1.88 bits per heavy atom. The van der Waals surface area contributed by atoms with Crippen molar-refractivity contribution < 1.29 is 27.5 Å². The highest BCUT2D eigenvalue weighted by atomic mass is 32.2. The molecular weight excluding hydrogens is 478 g/mol. The van der Waals surface area contributed by atoms with E-state index in [1.165, 1.54) is 36.6 Å². The summed E-state index contributed by atoms with van der Waals surface area (Å²) in [5, 5.41) is 3.41. The Labute approximate surface area is 201 Å². The Morgan fingerprint density at radius 3 is 2.59 bits per heavy atom. The van der Waals surface area contributed by atoms with Crippen molar-refractivity contribution in [3.63, 3.8) is 0 Å². The number of carbonyl (C=O) groups excluding carboxylic acids is 2. The molecule has 1 fully saturated rings. The molecule has 34 heavy (non-hydrogen) atoms. The lowest BCUT2D eigenvalue weighted by Gasteiger charge is -2.26. The van der Waals surface area contributed by atoms with Gasteiger partial charge in [-0.1, -0.05) is 0 Å². The molecule has 1 aliphatic heterocycles. The van der Waals surface area contributed by atoms with Crippen LogP contribution < -0.4 is 14.8 Å². The average Bonchev–Trinajstić information content (AvgIpc) is 3.27. The number of ether oxygens (including phenoxy) is 2. The largest absolute Gasteiger partial charge is 0.495 e. The Bertz CT molecular complexity index is 1330. The first-order valence-corrected chi connectivity index (χ1v) is 13.0. The molecule has 0 bridgehead atoms. The summed E-state index contributed by atoms with van der Waals surface area (Å²) >= 11 is 1.36. The highest BCUT2D eigenvalue weighted by Gasteiger charge is 2.23. The number of sulfonamides is 1. The molecular formula is C23H25N3O6S2. The number of hydrogen-bond acceptors (Lipinski definition) is 7. The first-order chi connectivity index (χ1) is 16.3. The number of amides is 2. The molecule has 2 N–H and O–H groups in total. The summed E-state index contributed by atoms with van der Waals surface area (Å²) in [5.41, 5.74) is 0.545. The van der Waals surface area contributed by atoms with Gasteiger partial charge in [0.2, 0.25) is 0 Å². The fourth-order valence-corrected chi connectivity index (χ4v) is 5.89. The number of thiophene rings is 1. The van der Waals surface area contributed by atoms with E-state index in [-0.39, 0.29) is 28.0 Å². The molecule has 0 saturated carbocycles. The number of anilines is 1. The summed E-state index contributed by atoms with van der Waals surface area (Å²) < 4.78 is 40.3. The van der Waals surface area contributed by atoms with Gasteiger partial charge in [0.25, 0.3) is 21.8 Å². The van der Waals surface area contributed by atoms with Crippen molar-refractivity contribution in [2.24, 2.45) is 0 Å². The van der Waals surface area contributed by atoms with Crippen LogP contribution in [0.4, 0.5) is 5.69 Å². The van der Waals surface area contributed by atoms with Gasteiger partial charge < -0.3 is 19.7 Å². The van der Waals surface area contributed by atoms with E-state index in [2.05, 4.69) is 10.0 Å². The van der Waals surface area contributed by atoms with Gasteiger partial charge in [0.15, 0.2) is 0 Å². The number of nitrogens with zero attached hydrogens (tertiary/aromatic N) is 1. The lowest BCUT2D eigenvalue weighted by atomic mass is 10.2. The Kier molecular flexibility index (Phi) is 7.05. The van der Waals surface area contributed by atoms with Crippen LogP contribution in [0.15, 0.2) is 47.4 Å². The highest BCUT2D eigenvalue weighted by Crippen LogP contribution is 2.31. The summed E-state index contributed by atoms with van der Waals surface area (Å²) in [6, 6.07) is 11.1. The minimum Gasteiger partial charge on any atom is -0.495 e. The van der Waals surface area contributed by atoms with E-state index in [9.17, 15) is 18.0 Å². The molecule has 0 unspecified atom stereocenters. The van der Waals surface area contributed by atoms with E-state index in [0.717, 1.165) is 10.1 Å². The minimum atomic E-state index is -4.06. The zero-order valence-electron chi connectivity index (χ0n) is 18.8. The fraction of sp³-hybridized carbons (Fsp3) is 0.304. The second-order valence-corrected chi connectivity index (χ2v) is 10.3. The molecule has 1 saturated heterocycles. The standard InChI is InChI=1S/C23H25N3O6S2/c1-3-24-22(27)15-4-6-18(31-2)21(14-15)34(29,30)25-17-5-7-19-16(12-17)13-20(33-19)23(28)26-8-10-32-11-9-26/h4-7,12-14,25H,3,8-11H2,1-2H3,(H,24,27). The number of carbonyl (C=O) groups is 2. The van der Waals surface area contributed by atoms with Crippen LogP contribution in [0.2, 0.25) is 0 Å². The zero-order valence-corrected chi connectivity index (χ0v) is 20.4. The van der Waals surface area contributed by atoms with E-state index in [1.807, 2.05) is 0 Å². The topological polar surface area (TPSA) is 114 Å². The van der Waals surface area contributed by atoms with E-state index < -0.39 is 10.0 Å². The summed E-state index contributed by atoms with van der Waals surface area (Å²) in [6.07, 6.45) is 0. The number of hydrogen-bond donors (Lipinski definition) is 2. The smallest absolute Gasteiger partial charge is 0.265 e. The lowest BCUT2D eigenvalue weighted by molar-refractivity contribution is 0.0306. The number of morpholine rings is 1. The van der Waals surface area contributed by atoms with Gasteiger partial charge in [-0.3, -0.25) is 14.3 Å². The van der Waals surface area contributed by atoms with Crippen molar-refractivity contribution in [1.29, 1.82) is 0 Å². The highest BCUT2D eigenvalue weighted by molar-refractivity contribution is 7.92. The molecule has 180 valence electrons. The Morgan fingerprint density at radius 1 is 1.12 bits per heavy atom. The van der Waals surface area contributed by atoms with Crippen LogP contribution >= 0.6 is 11.3 Å². The molecule has 0 atom stereocenters. The molecule has 1 aliphatic rings. The third kappa shape index (κ3) is 5.01. The second kappa shape index (κ2) is 10.00. The predicted octanol–water partition coefficient (Wildman–Crippen LogP) is 2.93. The van der Waals surface area contributed by atoms with Gasteiger partial charge in [-0.05, 0) is 54.8 Å². The summed E-state index contributed by atoms with van der Waals surface area (Å²) in [6.45, 7) is 4.34. The SMILES string of the molecule is CCNC(=O)c1ccc(OC)c(S(=O)(=O)Nc2ccc3sc(C(=O)N4CCOCC4)cc3c2)c1. The molecule has 0 aliphatic carbocycles. The molecule has 9 nitrogen and oxygen atoms in total. The van der Waals surface area contributed by atoms with Gasteiger partial charge in [-0.25, -0.2) is 8.42 Å². The van der Waals surface area contributed by atoms with Gasteiger partial charge in [0.1, 0.15) is 10.6 Å². The van der Waals surface area contributed by atoms with Gasteiger partial charge in [-0.2, -0.15) is 0 Å². The summed E-state index contributed by atoms with van der Waals surface area (Å²) in [4.78, 5) is 27.2. The summed E-state index contributed by atoms with van der Waals surface area (Å²) in [5.74, 6) is -0.312. The monoisotopic (exact) mass is 503 g/mol. The molecule has 4 rings (SSSR count). The summed E-state index contributed by atoms with van der Waals surface area (Å²) in [7, 11) is -2.70. The quantitative estimate of drug-likeness (QED) is 0.513. The number of fused-ring (bicyclic) bond motifs is 1. The minimum absolute atomic E-state index is 0.0569. The molecule has 2 amide bonds. The van der Waals surface area contributed by atoms with Crippen LogP contribution in [-0.2, 0) is 14.8 Å². The number of methoxy groups -OCH3 is 1. The first kappa shape index (κ1) is 24.0. The maximum absolute atomic E-state index is 13.2. The van der Waals surface area contributed by atoms with Gasteiger partial charge >= 0.3 is 0 Å². The molecule has 1 aromatic heterocycles. The van der Waals surface area contributed by atoms with Crippen LogP contribution in [-0.4, -0.2) is 65.1 Å². The molecule has 2 heterocycles. The van der Waals surface area contributed by atoms with Crippen molar-refractivity contribution in [2.45, 2.75) is 11.8 Å². The van der Waals surface area contributed by atoms with E-state index in [0.29, 0.717) is 43.4 Å². The molecule has 0 radical (unpaired) electrons. The first-order valence-electron chi connectivity index (χ1n) is 10.7. The molecule has 11 heteroatoms. The van der Waals surface area contributed by atoms with Gasteiger partial charge in [0, 0.05) is 35.6 Å². The number of rotatable bonds is 7. The van der Waals surface area contributed by atoms with E-state index >= 15 is 0 Å². The third-order valence-electron chi connectivity index (χ3n) is 5.33.